The van der Waals surface area contributed by atoms with E-state index < -0.39 is 0 Å². The van der Waals surface area contributed by atoms with Gasteiger partial charge in [-0.25, -0.2) is 0 Å². The maximum atomic E-state index is 11.2. The van der Waals surface area contributed by atoms with Crippen LogP contribution in [0.15, 0.2) is 23.8 Å². The molecule has 0 aromatic rings. The van der Waals surface area contributed by atoms with Crippen molar-refractivity contribution in [3.63, 3.8) is 0 Å². The highest BCUT2D eigenvalue weighted by molar-refractivity contribution is 5.69. The predicted octanol–water partition coefficient (Wildman–Crippen LogP) is 3.24. The van der Waals surface area contributed by atoms with Crippen LogP contribution in [-0.4, -0.2) is 24.3 Å². The number of ether oxygens (including phenoxy) is 1. The van der Waals surface area contributed by atoms with Gasteiger partial charge < -0.3 is 9.84 Å². The van der Waals surface area contributed by atoms with E-state index in [1.807, 2.05) is 0 Å². The second kappa shape index (κ2) is 7.07. The van der Waals surface area contributed by atoms with E-state index >= 15 is 0 Å². The number of carbonyl (C=O) groups excluding carboxylic acids is 1. The average molecular weight is 278 g/mol. The Labute approximate surface area is 121 Å². The van der Waals surface area contributed by atoms with Gasteiger partial charge in [-0.3, -0.25) is 4.79 Å². The number of unbranched alkanes of at least 4 members (excludes halogenated alkanes) is 1. The van der Waals surface area contributed by atoms with E-state index in [4.69, 9.17) is 4.74 Å². The Kier molecular flexibility index (Phi) is 5.41. The Balaban J connectivity index is 1.90. The second-order valence-corrected chi connectivity index (χ2v) is 6.03. The summed E-state index contributed by atoms with van der Waals surface area (Å²) in [6, 6.07) is 0. The number of aliphatic hydroxyl groups is 1. The van der Waals surface area contributed by atoms with Crippen molar-refractivity contribution >= 4 is 5.97 Å². The van der Waals surface area contributed by atoms with Crippen LogP contribution in [0.2, 0.25) is 0 Å². The molecule has 1 N–H and O–H groups in total. The van der Waals surface area contributed by atoms with Gasteiger partial charge in [0, 0.05) is 12.3 Å². The van der Waals surface area contributed by atoms with Gasteiger partial charge >= 0.3 is 5.97 Å². The molecule has 0 bridgehead atoms. The van der Waals surface area contributed by atoms with Crippen LogP contribution in [0.25, 0.3) is 0 Å². The first-order chi connectivity index (χ1) is 9.65. The maximum Gasteiger partial charge on any atom is 0.305 e. The number of allylic oxidation sites excluding steroid dienone is 3. The van der Waals surface area contributed by atoms with Gasteiger partial charge in [-0.15, -0.1) is 0 Å². The highest BCUT2D eigenvalue weighted by Gasteiger charge is 2.43. The predicted molar refractivity (Wildman–Crippen MR) is 79.1 cm³/mol. The second-order valence-electron chi connectivity index (χ2n) is 6.03. The molecule has 0 saturated heterocycles. The lowest BCUT2D eigenvalue weighted by Crippen LogP contribution is -2.17. The maximum absolute atomic E-state index is 11.2. The number of hydrogen-bond acceptors (Lipinski definition) is 3. The number of fused-ring (bicyclic) bond motifs is 1. The van der Waals surface area contributed by atoms with Crippen molar-refractivity contribution in [2.24, 2.45) is 17.8 Å². The van der Waals surface area contributed by atoms with Crippen LogP contribution < -0.4 is 0 Å². The monoisotopic (exact) mass is 278 g/mol. The SMILES string of the molecule is CCC/C=C/[C@@H]1[C@H]2CC(CCC(=O)OC)=C[C@H]2C[C@H]1O. The molecule has 0 unspecified atom stereocenters. The zero-order valence-corrected chi connectivity index (χ0v) is 12.5. The Bertz CT molecular complexity index is 397. The van der Waals surface area contributed by atoms with E-state index in [-0.39, 0.29) is 12.1 Å². The summed E-state index contributed by atoms with van der Waals surface area (Å²) >= 11 is 0. The quantitative estimate of drug-likeness (QED) is 0.599. The van der Waals surface area contributed by atoms with Gasteiger partial charge in [0.2, 0.25) is 0 Å². The van der Waals surface area contributed by atoms with E-state index in [9.17, 15) is 9.90 Å². The standard InChI is InChI=1S/C17H26O3/c1-3-4-5-6-14-15-10-12(7-8-17(19)20-2)9-13(15)11-16(14)18/h5-6,9,13-16,18H,3-4,7-8,10-11H2,1-2H3/b6-5+/t13-,14+,15-,16+/m0/s1. The highest BCUT2D eigenvalue weighted by Crippen LogP contribution is 2.48. The smallest absolute Gasteiger partial charge is 0.305 e. The van der Waals surface area contributed by atoms with Crippen molar-refractivity contribution in [2.45, 2.75) is 51.6 Å². The first kappa shape index (κ1) is 15.3. The molecule has 0 aromatic heterocycles. The number of methoxy groups -OCH3 is 1. The molecule has 2 aliphatic rings. The summed E-state index contributed by atoms with van der Waals surface area (Å²) in [5, 5.41) is 10.2. The largest absolute Gasteiger partial charge is 0.469 e. The minimum absolute atomic E-state index is 0.137. The molecule has 0 amide bonds. The normalized spacial score (nSPS) is 32.5. The number of rotatable bonds is 6. The fourth-order valence-corrected chi connectivity index (χ4v) is 3.58. The minimum atomic E-state index is -0.198. The average Bonchev–Trinajstić information content (AvgIpc) is 2.94. The van der Waals surface area contributed by atoms with E-state index in [1.54, 1.807) is 0 Å². The lowest BCUT2D eigenvalue weighted by Gasteiger charge is -2.18. The Morgan fingerprint density at radius 3 is 3.05 bits per heavy atom. The van der Waals surface area contributed by atoms with Crippen molar-refractivity contribution in [3.8, 4) is 0 Å². The Morgan fingerprint density at radius 1 is 1.55 bits per heavy atom. The molecule has 0 aliphatic heterocycles. The first-order valence-corrected chi connectivity index (χ1v) is 7.76. The third-order valence-corrected chi connectivity index (χ3v) is 4.64. The molecule has 0 radical (unpaired) electrons. The molecule has 2 rings (SSSR count). The van der Waals surface area contributed by atoms with Crippen LogP contribution in [0.1, 0.15) is 45.4 Å². The molecule has 20 heavy (non-hydrogen) atoms. The molecule has 2 aliphatic carbocycles. The van der Waals surface area contributed by atoms with Crippen molar-refractivity contribution in [1.82, 2.24) is 0 Å². The van der Waals surface area contributed by atoms with Crippen molar-refractivity contribution in [3.05, 3.63) is 23.8 Å². The topological polar surface area (TPSA) is 46.5 Å². The van der Waals surface area contributed by atoms with Crippen LogP contribution in [-0.2, 0) is 9.53 Å². The van der Waals surface area contributed by atoms with Crippen LogP contribution >= 0.6 is 0 Å². The molecule has 1 fully saturated rings. The van der Waals surface area contributed by atoms with Gasteiger partial charge in [-0.1, -0.05) is 37.1 Å². The van der Waals surface area contributed by atoms with Gasteiger partial charge in [0.1, 0.15) is 0 Å². The van der Waals surface area contributed by atoms with Crippen molar-refractivity contribution < 1.29 is 14.6 Å². The van der Waals surface area contributed by atoms with E-state index in [0.717, 1.165) is 32.1 Å². The zero-order valence-electron chi connectivity index (χ0n) is 12.5. The van der Waals surface area contributed by atoms with E-state index in [2.05, 4.69) is 25.2 Å². The van der Waals surface area contributed by atoms with Crippen molar-refractivity contribution in [1.29, 1.82) is 0 Å². The molecular formula is C17H26O3. The molecule has 112 valence electrons. The van der Waals surface area contributed by atoms with Crippen LogP contribution in [0.4, 0.5) is 0 Å². The van der Waals surface area contributed by atoms with E-state index in [0.29, 0.717) is 24.2 Å². The highest BCUT2D eigenvalue weighted by atomic mass is 16.5. The molecule has 3 heteroatoms. The summed E-state index contributed by atoms with van der Waals surface area (Å²) in [7, 11) is 1.44. The first-order valence-electron chi connectivity index (χ1n) is 7.76. The molecule has 0 spiro atoms. The summed E-state index contributed by atoms with van der Waals surface area (Å²) < 4.78 is 4.69. The molecule has 4 atom stereocenters. The van der Waals surface area contributed by atoms with Crippen LogP contribution in [0.3, 0.4) is 0 Å². The number of esters is 1. The van der Waals surface area contributed by atoms with Gasteiger partial charge in [-0.2, -0.15) is 0 Å². The third-order valence-electron chi connectivity index (χ3n) is 4.64. The van der Waals surface area contributed by atoms with Crippen LogP contribution in [0, 0.1) is 17.8 Å². The lowest BCUT2D eigenvalue weighted by molar-refractivity contribution is -0.140. The lowest BCUT2D eigenvalue weighted by atomic mass is 9.89. The van der Waals surface area contributed by atoms with Gasteiger partial charge in [-0.05, 0) is 37.5 Å². The summed E-state index contributed by atoms with van der Waals surface area (Å²) in [5.74, 6) is 1.18. The summed E-state index contributed by atoms with van der Waals surface area (Å²) in [6.07, 6.45) is 11.9. The van der Waals surface area contributed by atoms with Gasteiger partial charge in [0.05, 0.1) is 13.2 Å². The fraction of sp³-hybridized carbons (Fsp3) is 0.706. The van der Waals surface area contributed by atoms with Gasteiger partial charge in [0.15, 0.2) is 0 Å². The van der Waals surface area contributed by atoms with Crippen molar-refractivity contribution in [2.75, 3.05) is 7.11 Å². The summed E-state index contributed by atoms with van der Waals surface area (Å²) in [4.78, 5) is 11.2. The zero-order chi connectivity index (χ0) is 14.5. The van der Waals surface area contributed by atoms with Gasteiger partial charge in [0.25, 0.3) is 0 Å². The molecule has 3 nitrogen and oxygen atoms in total. The Hall–Kier alpha value is -1.09. The molecule has 0 heterocycles. The van der Waals surface area contributed by atoms with E-state index in [1.165, 1.54) is 12.7 Å². The summed E-state index contributed by atoms with van der Waals surface area (Å²) in [6.45, 7) is 2.17. The molecule has 0 aromatic carbocycles. The number of carbonyl (C=O) groups is 1. The number of aliphatic hydroxyl groups excluding tert-OH is 1. The Morgan fingerprint density at radius 2 is 2.35 bits per heavy atom. The molecular weight excluding hydrogens is 252 g/mol. The minimum Gasteiger partial charge on any atom is -0.469 e. The summed E-state index contributed by atoms with van der Waals surface area (Å²) in [5.41, 5.74) is 1.37. The number of hydrogen-bond donors (Lipinski definition) is 1. The fourth-order valence-electron chi connectivity index (χ4n) is 3.58. The van der Waals surface area contributed by atoms with Crippen LogP contribution in [0.5, 0.6) is 0 Å². The third kappa shape index (κ3) is 3.51. The molecule has 1 saturated carbocycles.